The number of benzene rings is 2. The number of carbonyl (C=O) groups is 1. The maximum absolute atomic E-state index is 12.9. The van der Waals surface area contributed by atoms with E-state index in [1.165, 1.54) is 11.8 Å². The molecule has 8 heteroatoms. The van der Waals surface area contributed by atoms with Crippen LogP contribution in [-0.2, 0) is 0 Å². The standard InChI is InChI=1S/C22H18Br2N4OS/c1-13-11-18(14(2)28(13)16-9-7-15(23)8-10-16)20(29)12-30-22-25-21(26-27-22)17-5-3-4-6-19(17)24/h3-11H,12H2,1-2H3,(H,25,26,27). The molecule has 1 N–H and O–H groups in total. The molecule has 0 bridgehead atoms. The molecule has 0 aliphatic carbocycles. The molecule has 0 saturated heterocycles. The summed E-state index contributed by atoms with van der Waals surface area (Å²) in [4.78, 5) is 17.4. The number of halogens is 2. The SMILES string of the molecule is Cc1cc(C(=O)CSc2n[nH]c(-c3ccccc3Br)n2)c(C)n1-c1ccc(Br)cc1. The first-order valence-electron chi connectivity index (χ1n) is 9.22. The number of aromatic amines is 1. The average molecular weight is 546 g/mol. The minimum absolute atomic E-state index is 0.0590. The Morgan fingerprint density at radius 1 is 1.10 bits per heavy atom. The second-order valence-corrected chi connectivity index (χ2v) is 9.47. The van der Waals surface area contributed by atoms with Gasteiger partial charge in [0.25, 0.3) is 0 Å². The van der Waals surface area contributed by atoms with Crippen LogP contribution in [0.5, 0.6) is 0 Å². The Morgan fingerprint density at radius 3 is 2.57 bits per heavy atom. The number of aryl methyl sites for hydroxylation is 1. The highest BCUT2D eigenvalue weighted by atomic mass is 79.9. The topological polar surface area (TPSA) is 63.6 Å². The first kappa shape index (κ1) is 21.1. The van der Waals surface area contributed by atoms with Crippen molar-refractivity contribution in [2.24, 2.45) is 0 Å². The van der Waals surface area contributed by atoms with E-state index < -0.39 is 0 Å². The molecule has 0 saturated carbocycles. The smallest absolute Gasteiger partial charge is 0.209 e. The van der Waals surface area contributed by atoms with Gasteiger partial charge in [-0.15, -0.1) is 5.10 Å². The quantitative estimate of drug-likeness (QED) is 0.225. The van der Waals surface area contributed by atoms with Gasteiger partial charge in [0.15, 0.2) is 11.6 Å². The molecule has 5 nitrogen and oxygen atoms in total. The Labute approximate surface area is 195 Å². The summed E-state index contributed by atoms with van der Waals surface area (Å²) in [7, 11) is 0. The molecule has 0 spiro atoms. The van der Waals surface area contributed by atoms with E-state index in [0.717, 1.165) is 37.1 Å². The van der Waals surface area contributed by atoms with Gasteiger partial charge in [0.2, 0.25) is 5.16 Å². The molecule has 0 radical (unpaired) electrons. The van der Waals surface area contributed by atoms with E-state index in [1.807, 2.05) is 68.4 Å². The molecule has 0 fully saturated rings. The number of hydrogen-bond donors (Lipinski definition) is 1. The summed E-state index contributed by atoms with van der Waals surface area (Å²) in [5, 5.41) is 7.74. The van der Waals surface area contributed by atoms with E-state index in [2.05, 4.69) is 51.6 Å². The predicted molar refractivity (Wildman–Crippen MR) is 128 cm³/mol. The van der Waals surface area contributed by atoms with E-state index in [9.17, 15) is 4.79 Å². The van der Waals surface area contributed by atoms with Crippen molar-refractivity contribution >= 4 is 49.4 Å². The zero-order chi connectivity index (χ0) is 21.3. The van der Waals surface area contributed by atoms with Crippen molar-refractivity contribution in [2.45, 2.75) is 19.0 Å². The molecule has 0 aliphatic rings. The highest BCUT2D eigenvalue weighted by molar-refractivity contribution is 9.10. The Hall–Kier alpha value is -2.16. The summed E-state index contributed by atoms with van der Waals surface area (Å²) in [6.07, 6.45) is 0. The number of carbonyl (C=O) groups excluding carboxylic acids is 1. The van der Waals surface area contributed by atoms with Gasteiger partial charge in [-0.05, 0) is 50.2 Å². The van der Waals surface area contributed by atoms with E-state index in [-0.39, 0.29) is 11.5 Å². The van der Waals surface area contributed by atoms with E-state index in [0.29, 0.717) is 11.0 Å². The fourth-order valence-corrected chi connectivity index (χ4v) is 4.74. The summed E-state index contributed by atoms with van der Waals surface area (Å²) in [6, 6.07) is 17.8. The first-order chi connectivity index (χ1) is 14.4. The predicted octanol–water partition coefficient (Wildman–Crippen LogP) is 6.38. The van der Waals surface area contributed by atoms with Gasteiger partial charge >= 0.3 is 0 Å². The van der Waals surface area contributed by atoms with E-state index >= 15 is 0 Å². The molecule has 30 heavy (non-hydrogen) atoms. The zero-order valence-electron chi connectivity index (χ0n) is 16.3. The zero-order valence-corrected chi connectivity index (χ0v) is 20.3. The number of rotatable bonds is 6. The highest BCUT2D eigenvalue weighted by Gasteiger charge is 2.18. The van der Waals surface area contributed by atoms with Crippen LogP contribution in [0, 0.1) is 13.8 Å². The van der Waals surface area contributed by atoms with Crippen molar-refractivity contribution in [1.29, 1.82) is 0 Å². The lowest BCUT2D eigenvalue weighted by Crippen LogP contribution is -2.05. The molecule has 0 atom stereocenters. The number of aromatic nitrogens is 4. The maximum Gasteiger partial charge on any atom is 0.209 e. The van der Waals surface area contributed by atoms with Gasteiger partial charge in [0.05, 0.1) is 5.75 Å². The summed E-state index contributed by atoms with van der Waals surface area (Å²) in [6.45, 7) is 3.99. The minimum atomic E-state index is 0.0590. The summed E-state index contributed by atoms with van der Waals surface area (Å²) < 4.78 is 4.06. The van der Waals surface area contributed by atoms with Gasteiger partial charge in [-0.25, -0.2) is 4.98 Å². The lowest BCUT2D eigenvalue weighted by Gasteiger charge is -2.10. The molecule has 0 unspecified atom stereocenters. The highest BCUT2D eigenvalue weighted by Crippen LogP contribution is 2.27. The van der Waals surface area contributed by atoms with Crippen LogP contribution in [0.4, 0.5) is 0 Å². The Morgan fingerprint density at radius 2 is 1.83 bits per heavy atom. The average Bonchev–Trinajstić information content (AvgIpc) is 3.32. The van der Waals surface area contributed by atoms with Crippen LogP contribution in [0.25, 0.3) is 17.1 Å². The second kappa shape index (κ2) is 8.91. The lowest BCUT2D eigenvalue weighted by molar-refractivity contribution is 0.102. The van der Waals surface area contributed by atoms with Crippen molar-refractivity contribution in [3.05, 3.63) is 80.5 Å². The monoisotopic (exact) mass is 544 g/mol. The number of ketones is 1. The largest absolute Gasteiger partial charge is 0.318 e. The molecule has 152 valence electrons. The van der Waals surface area contributed by atoms with Crippen molar-refractivity contribution < 1.29 is 4.79 Å². The third-order valence-electron chi connectivity index (χ3n) is 4.74. The molecule has 2 aromatic carbocycles. The molecule has 2 aromatic heterocycles. The molecule has 0 aliphatic heterocycles. The number of thioether (sulfide) groups is 1. The van der Waals surface area contributed by atoms with Gasteiger partial charge in [-0.3, -0.25) is 9.89 Å². The lowest BCUT2D eigenvalue weighted by atomic mass is 10.2. The van der Waals surface area contributed by atoms with Crippen LogP contribution in [0.1, 0.15) is 21.7 Å². The number of nitrogens with one attached hydrogen (secondary N) is 1. The van der Waals surface area contributed by atoms with Crippen LogP contribution < -0.4 is 0 Å². The number of Topliss-reactive ketones (excluding diaryl/α,β-unsaturated/α-hetero) is 1. The number of H-pyrrole nitrogens is 1. The summed E-state index contributed by atoms with van der Waals surface area (Å²) in [5.74, 6) is 1.01. The normalized spacial score (nSPS) is 11.1. The molecular weight excluding hydrogens is 528 g/mol. The Kier molecular flexibility index (Phi) is 6.26. The maximum atomic E-state index is 12.9. The summed E-state index contributed by atoms with van der Waals surface area (Å²) >= 11 is 8.32. The van der Waals surface area contributed by atoms with Gasteiger partial charge in [-0.2, -0.15) is 0 Å². The first-order valence-corrected chi connectivity index (χ1v) is 11.8. The van der Waals surface area contributed by atoms with Crippen LogP contribution >= 0.6 is 43.6 Å². The van der Waals surface area contributed by atoms with Crippen LogP contribution in [0.15, 0.2) is 68.7 Å². The molecule has 4 aromatic rings. The molecule has 2 heterocycles. The third kappa shape index (κ3) is 4.31. The van der Waals surface area contributed by atoms with Gasteiger partial charge in [-0.1, -0.05) is 61.8 Å². The molecule has 0 amide bonds. The van der Waals surface area contributed by atoms with Gasteiger partial charge < -0.3 is 4.57 Å². The fourth-order valence-electron chi connectivity index (χ4n) is 3.33. The third-order valence-corrected chi connectivity index (χ3v) is 6.81. The van der Waals surface area contributed by atoms with Gasteiger partial charge in [0.1, 0.15) is 0 Å². The van der Waals surface area contributed by atoms with Crippen molar-refractivity contribution in [3.8, 4) is 17.1 Å². The van der Waals surface area contributed by atoms with Gasteiger partial charge in [0, 0.05) is 37.1 Å². The molecular formula is C22H18Br2N4OS. The number of nitrogens with zero attached hydrogens (tertiary/aromatic N) is 3. The fraction of sp³-hybridized carbons (Fsp3) is 0.136. The Balaban J connectivity index is 1.50. The molecule has 4 rings (SSSR count). The Bertz CT molecular complexity index is 1210. The van der Waals surface area contributed by atoms with Crippen LogP contribution in [0.2, 0.25) is 0 Å². The van der Waals surface area contributed by atoms with Crippen molar-refractivity contribution in [3.63, 3.8) is 0 Å². The van der Waals surface area contributed by atoms with E-state index in [1.54, 1.807) is 0 Å². The van der Waals surface area contributed by atoms with Crippen molar-refractivity contribution in [2.75, 3.05) is 5.75 Å². The number of hydrogen-bond acceptors (Lipinski definition) is 4. The second-order valence-electron chi connectivity index (χ2n) is 6.75. The minimum Gasteiger partial charge on any atom is -0.318 e. The van der Waals surface area contributed by atoms with Crippen LogP contribution in [0.3, 0.4) is 0 Å². The van der Waals surface area contributed by atoms with E-state index in [4.69, 9.17) is 0 Å². The summed E-state index contributed by atoms with van der Waals surface area (Å²) in [5.41, 5.74) is 4.65. The van der Waals surface area contributed by atoms with Crippen molar-refractivity contribution in [1.82, 2.24) is 19.7 Å². The van der Waals surface area contributed by atoms with Crippen LogP contribution in [-0.4, -0.2) is 31.3 Å².